The SMILES string of the molecule is Nc1n[nH]c2c(CN3CCC(O)C3)cc(-c3ccc4c(c3)CN(C3CCC(=O)NC3=O)C4=O)nc12. The number of β-amino-alcohol motifs (C(OH)–C–C–N with tert-alkyl or cyclic N) is 1. The second-order valence-corrected chi connectivity index (χ2v) is 9.45. The first-order chi connectivity index (χ1) is 16.9. The molecule has 11 heteroatoms. The number of carbonyl (C=O) groups excluding carboxylic acids is 3. The molecule has 0 bridgehead atoms. The monoisotopic (exact) mass is 475 g/mol. The molecule has 0 spiro atoms. The molecule has 2 fully saturated rings. The average molecular weight is 476 g/mol. The first kappa shape index (κ1) is 21.7. The summed E-state index contributed by atoms with van der Waals surface area (Å²) in [6.45, 7) is 2.33. The molecule has 2 saturated heterocycles. The van der Waals surface area contributed by atoms with E-state index in [-0.39, 0.29) is 24.3 Å². The number of fused-ring (bicyclic) bond motifs is 2. The molecule has 3 aliphatic rings. The third-order valence-electron chi connectivity index (χ3n) is 7.09. The number of pyridine rings is 1. The maximum absolute atomic E-state index is 13.0. The van der Waals surface area contributed by atoms with Crippen LogP contribution >= 0.6 is 0 Å². The van der Waals surface area contributed by atoms with Crippen molar-refractivity contribution in [1.29, 1.82) is 0 Å². The van der Waals surface area contributed by atoms with Crippen LogP contribution in [0, 0.1) is 0 Å². The number of amides is 3. The number of rotatable bonds is 4. The van der Waals surface area contributed by atoms with Crippen LogP contribution in [0.1, 0.15) is 40.7 Å². The van der Waals surface area contributed by atoms with Crippen molar-refractivity contribution >= 4 is 34.6 Å². The standard InChI is InChI=1S/C24H25N7O4/c25-22-21-20(28-29-22)14(9-30-6-5-15(32)11-30)8-17(26-21)12-1-2-16-13(7-12)10-31(24(16)35)18-3-4-19(33)27-23(18)34/h1-2,7-8,15,18,32H,3-6,9-11H2,(H3,25,28,29)(H,27,33,34). The molecule has 3 amide bonds. The van der Waals surface area contributed by atoms with E-state index in [0.29, 0.717) is 48.6 Å². The van der Waals surface area contributed by atoms with Gasteiger partial charge in [0.2, 0.25) is 11.8 Å². The minimum Gasteiger partial charge on any atom is -0.392 e. The molecule has 2 atom stereocenters. The third kappa shape index (κ3) is 3.72. The number of aliphatic hydroxyl groups is 1. The Morgan fingerprint density at radius 3 is 2.80 bits per heavy atom. The van der Waals surface area contributed by atoms with Gasteiger partial charge in [-0.25, -0.2) is 4.98 Å². The summed E-state index contributed by atoms with van der Waals surface area (Å²) in [6.07, 6.45) is 0.966. The number of hydrogen-bond donors (Lipinski definition) is 4. The van der Waals surface area contributed by atoms with Crippen LogP contribution in [0.25, 0.3) is 22.3 Å². The number of aliphatic hydroxyl groups excluding tert-OH is 1. The van der Waals surface area contributed by atoms with E-state index in [4.69, 9.17) is 10.7 Å². The average Bonchev–Trinajstić information content (AvgIpc) is 3.51. The van der Waals surface area contributed by atoms with Crippen molar-refractivity contribution in [2.45, 2.75) is 44.5 Å². The quantitative estimate of drug-likeness (QED) is 0.398. The molecule has 1 aromatic carbocycles. The van der Waals surface area contributed by atoms with Crippen molar-refractivity contribution < 1.29 is 19.5 Å². The minimum atomic E-state index is -0.654. The van der Waals surface area contributed by atoms with E-state index in [2.05, 4.69) is 20.4 Å². The normalized spacial score (nSPS) is 22.8. The summed E-state index contributed by atoms with van der Waals surface area (Å²) in [4.78, 5) is 45.3. The molecule has 2 unspecified atom stereocenters. The summed E-state index contributed by atoms with van der Waals surface area (Å²) in [5.41, 5.74) is 11.3. The number of aromatic amines is 1. The van der Waals surface area contributed by atoms with E-state index < -0.39 is 11.9 Å². The van der Waals surface area contributed by atoms with Gasteiger partial charge in [-0.3, -0.25) is 29.7 Å². The van der Waals surface area contributed by atoms with Crippen molar-refractivity contribution in [1.82, 2.24) is 30.3 Å². The molecule has 0 radical (unpaired) electrons. The highest BCUT2D eigenvalue weighted by molar-refractivity contribution is 6.05. The van der Waals surface area contributed by atoms with Gasteiger partial charge in [0.15, 0.2) is 5.82 Å². The van der Waals surface area contributed by atoms with Gasteiger partial charge in [0.1, 0.15) is 11.6 Å². The highest BCUT2D eigenvalue weighted by Gasteiger charge is 2.39. The fraction of sp³-hybridized carbons (Fsp3) is 0.375. The molecule has 5 N–H and O–H groups in total. The van der Waals surface area contributed by atoms with Crippen molar-refractivity contribution in [3.8, 4) is 11.3 Å². The molecule has 6 rings (SSSR count). The summed E-state index contributed by atoms with van der Waals surface area (Å²) < 4.78 is 0. The van der Waals surface area contributed by atoms with Crippen LogP contribution in [0.15, 0.2) is 24.3 Å². The van der Waals surface area contributed by atoms with Gasteiger partial charge in [-0.2, -0.15) is 5.10 Å². The number of benzene rings is 1. The Hall–Kier alpha value is -3.83. The predicted molar refractivity (Wildman–Crippen MR) is 126 cm³/mol. The van der Waals surface area contributed by atoms with Crippen LogP contribution in [0.2, 0.25) is 0 Å². The van der Waals surface area contributed by atoms with E-state index in [1.54, 1.807) is 6.07 Å². The van der Waals surface area contributed by atoms with Gasteiger partial charge in [-0.15, -0.1) is 0 Å². The third-order valence-corrected chi connectivity index (χ3v) is 7.09. The molecular weight excluding hydrogens is 450 g/mol. The lowest BCUT2D eigenvalue weighted by Gasteiger charge is -2.29. The lowest BCUT2D eigenvalue weighted by Crippen LogP contribution is -2.52. The van der Waals surface area contributed by atoms with E-state index in [1.165, 1.54) is 4.90 Å². The Kier molecular flexibility index (Phi) is 5.04. The summed E-state index contributed by atoms with van der Waals surface area (Å²) >= 11 is 0. The zero-order valence-electron chi connectivity index (χ0n) is 19.0. The molecule has 0 saturated carbocycles. The second-order valence-electron chi connectivity index (χ2n) is 9.45. The van der Waals surface area contributed by atoms with Gasteiger partial charge in [-0.05, 0) is 42.2 Å². The summed E-state index contributed by atoms with van der Waals surface area (Å²) in [5.74, 6) is -0.638. The van der Waals surface area contributed by atoms with Crippen LogP contribution in [0.5, 0.6) is 0 Å². The fourth-order valence-corrected chi connectivity index (χ4v) is 5.28. The summed E-state index contributed by atoms with van der Waals surface area (Å²) in [6, 6.07) is 6.87. The summed E-state index contributed by atoms with van der Waals surface area (Å²) in [5, 5.41) is 19.4. The Morgan fingerprint density at radius 1 is 1.17 bits per heavy atom. The Labute approximate surface area is 200 Å². The zero-order valence-corrected chi connectivity index (χ0v) is 19.0. The Morgan fingerprint density at radius 2 is 2.03 bits per heavy atom. The first-order valence-corrected chi connectivity index (χ1v) is 11.7. The van der Waals surface area contributed by atoms with Gasteiger partial charge in [0.05, 0.1) is 17.3 Å². The van der Waals surface area contributed by atoms with Crippen molar-refractivity contribution in [3.63, 3.8) is 0 Å². The topological polar surface area (TPSA) is 158 Å². The molecule has 2 aromatic heterocycles. The van der Waals surface area contributed by atoms with Gasteiger partial charge in [0.25, 0.3) is 5.91 Å². The molecule has 35 heavy (non-hydrogen) atoms. The number of H-pyrrole nitrogens is 1. The largest absolute Gasteiger partial charge is 0.392 e. The maximum atomic E-state index is 13.0. The van der Waals surface area contributed by atoms with Gasteiger partial charge in [-0.1, -0.05) is 6.07 Å². The van der Waals surface area contributed by atoms with E-state index in [9.17, 15) is 19.5 Å². The fourth-order valence-electron chi connectivity index (χ4n) is 5.28. The van der Waals surface area contributed by atoms with Crippen LogP contribution in [0.4, 0.5) is 5.82 Å². The summed E-state index contributed by atoms with van der Waals surface area (Å²) in [7, 11) is 0. The predicted octanol–water partition coefficient (Wildman–Crippen LogP) is 0.535. The highest BCUT2D eigenvalue weighted by atomic mass is 16.3. The number of nitrogens with one attached hydrogen (secondary N) is 2. The van der Waals surface area contributed by atoms with Crippen LogP contribution in [-0.4, -0.2) is 73.0 Å². The number of likely N-dealkylation sites (tertiary alicyclic amines) is 1. The molecule has 11 nitrogen and oxygen atoms in total. The number of hydrogen-bond acceptors (Lipinski definition) is 8. The number of nitrogens with zero attached hydrogens (tertiary/aromatic N) is 4. The number of aromatic nitrogens is 3. The van der Waals surface area contributed by atoms with E-state index >= 15 is 0 Å². The molecular formula is C24H25N7O4. The lowest BCUT2D eigenvalue weighted by atomic mass is 10.0. The smallest absolute Gasteiger partial charge is 0.255 e. The van der Waals surface area contributed by atoms with E-state index in [1.807, 2.05) is 18.2 Å². The van der Waals surface area contributed by atoms with Gasteiger partial charge < -0.3 is 15.7 Å². The molecule has 3 aliphatic heterocycles. The van der Waals surface area contributed by atoms with Gasteiger partial charge >= 0.3 is 0 Å². The number of nitrogen functional groups attached to an aromatic ring is 1. The van der Waals surface area contributed by atoms with Crippen molar-refractivity contribution in [2.75, 3.05) is 18.8 Å². The molecule has 180 valence electrons. The van der Waals surface area contributed by atoms with Crippen LogP contribution in [-0.2, 0) is 22.7 Å². The van der Waals surface area contributed by atoms with Crippen molar-refractivity contribution in [2.24, 2.45) is 0 Å². The van der Waals surface area contributed by atoms with Crippen molar-refractivity contribution in [3.05, 3.63) is 41.0 Å². The number of carbonyl (C=O) groups is 3. The number of imide groups is 1. The minimum absolute atomic E-state index is 0.211. The van der Waals surface area contributed by atoms with Crippen LogP contribution < -0.4 is 11.1 Å². The maximum Gasteiger partial charge on any atom is 0.255 e. The highest BCUT2D eigenvalue weighted by Crippen LogP contribution is 2.33. The molecule has 0 aliphatic carbocycles. The second kappa shape index (κ2) is 8.14. The molecule has 5 heterocycles. The number of nitrogens with two attached hydrogens (primary N) is 1. The van der Waals surface area contributed by atoms with Crippen LogP contribution in [0.3, 0.4) is 0 Å². The lowest BCUT2D eigenvalue weighted by molar-refractivity contribution is -0.136. The zero-order chi connectivity index (χ0) is 24.3. The Balaban J connectivity index is 1.33. The Bertz CT molecular complexity index is 1380. The van der Waals surface area contributed by atoms with E-state index in [0.717, 1.165) is 35.2 Å². The first-order valence-electron chi connectivity index (χ1n) is 11.7. The molecule has 3 aromatic rings. The number of piperidine rings is 1. The van der Waals surface area contributed by atoms with Gasteiger partial charge in [0, 0.05) is 43.7 Å². The number of anilines is 1.